The van der Waals surface area contributed by atoms with Crippen LogP contribution in [0.25, 0.3) is 33.2 Å². The maximum absolute atomic E-state index is 13.4. The van der Waals surface area contributed by atoms with Crippen molar-refractivity contribution < 1.29 is 24.2 Å². The third-order valence-corrected chi connectivity index (χ3v) is 7.38. The first-order valence-corrected chi connectivity index (χ1v) is 13.5. The average Bonchev–Trinajstić information content (AvgIpc) is 3.67. The molecule has 4 N–H and O–H groups in total. The molecule has 4 heterocycles. The highest BCUT2D eigenvalue weighted by Gasteiger charge is 2.25. The van der Waals surface area contributed by atoms with Gasteiger partial charge in [-0.3, -0.25) is 14.4 Å². The summed E-state index contributed by atoms with van der Waals surface area (Å²) in [7, 11) is 0. The number of carbonyl (C=O) groups is 2. The van der Waals surface area contributed by atoms with E-state index in [0.717, 1.165) is 46.6 Å². The number of aromatic nitrogens is 3. The molecular formula is C31H29N5O6. The lowest BCUT2D eigenvalue weighted by Crippen LogP contribution is -2.25. The first-order chi connectivity index (χ1) is 20.2. The number of nitrogens with one attached hydrogen (secondary N) is 1. The maximum atomic E-state index is 13.4. The highest BCUT2D eigenvalue weighted by atomic mass is 16.7. The quantitative estimate of drug-likeness (QED) is 0.297. The molecule has 0 atom stereocenters. The summed E-state index contributed by atoms with van der Waals surface area (Å²) in [5.41, 5.74) is 12.8. The van der Waals surface area contributed by atoms with Crippen LogP contribution in [0.15, 0.2) is 59.5 Å². The molecule has 2 aliphatic heterocycles. The van der Waals surface area contributed by atoms with Crippen molar-refractivity contribution in [1.82, 2.24) is 14.5 Å². The van der Waals surface area contributed by atoms with E-state index >= 15 is 0 Å². The Balaban J connectivity index is 0.000000744. The van der Waals surface area contributed by atoms with Crippen molar-refractivity contribution in [3.05, 3.63) is 81.8 Å². The van der Waals surface area contributed by atoms with Crippen molar-refractivity contribution in [1.29, 1.82) is 0 Å². The fourth-order valence-corrected chi connectivity index (χ4v) is 5.53. The second-order valence-corrected chi connectivity index (χ2v) is 10.3. The molecule has 11 nitrogen and oxygen atoms in total. The van der Waals surface area contributed by atoms with Crippen molar-refractivity contribution in [3.63, 3.8) is 0 Å². The largest absolute Gasteiger partial charge is 0.481 e. The number of ether oxygens (including phenoxy) is 2. The highest BCUT2D eigenvalue weighted by molar-refractivity contribution is 5.99. The maximum Gasteiger partial charge on any atom is 0.300 e. The smallest absolute Gasteiger partial charge is 0.300 e. The van der Waals surface area contributed by atoms with Crippen LogP contribution in [0.2, 0.25) is 0 Å². The Morgan fingerprint density at radius 3 is 2.55 bits per heavy atom. The first-order valence-electron chi connectivity index (χ1n) is 13.5. The number of rotatable bonds is 4. The van der Waals surface area contributed by atoms with E-state index in [0.29, 0.717) is 53.4 Å². The number of carboxylic acid groups (broad SMARTS) is 1. The number of carboxylic acids is 1. The van der Waals surface area contributed by atoms with Gasteiger partial charge in [0.15, 0.2) is 11.5 Å². The standard InChI is InChI=1S/C29H25N5O4.C2H4O2/c1-16(35)34-6-5-19-8-22-23(10-24(19)34)32-29(36)28(31-22)21-14-33(13-18-4-2-3-17(7-18)12-30)25-11-27-26(9-20(21)25)37-15-38-27;1-2(3)4/h2-4,7-11,14H,5-6,12-13,15,30H2,1H3,(H,32,36);1H3,(H,3,4). The van der Waals surface area contributed by atoms with Crippen molar-refractivity contribution >= 4 is 39.5 Å². The Morgan fingerprint density at radius 1 is 1.07 bits per heavy atom. The lowest BCUT2D eigenvalue weighted by atomic mass is 10.1. The summed E-state index contributed by atoms with van der Waals surface area (Å²) < 4.78 is 13.4. The average molecular weight is 568 g/mol. The minimum Gasteiger partial charge on any atom is -0.481 e. The van der Waals surface area contributed by atoms with Gasteiger partial charge < -0.3 is 34.8 Å². The molecule has 2 aromatic heterocycles. The fourth-order valence-electron chi connectivity index (χ4n) is 5.53. The molecule has 2 aliphatic rings. The summed E-state index contributed by atoms with van der Waals surface area (Å²) in [6, 6.07) is 15.8. The summed E-state index contributed by atoms with van der Waals surface area (Å²) in [4.78, 5) is 44.0. The third kappa shape index (κ3) is 4.94. The molecule has 0 spiro atoms. The van der Waals surface area contributed by atoms with Crippen LogP contribution in [0.3, 0.4) is 0 Å². The monoisotopic (exact) mass is 567 g/mol. The number of benzene rings is 3. The van der Waals surface area contributed by atoms with E-state index in [-0.39, 0.29) is 18.3 Å². The minimum absolute atomic E-state index is 0.0152. The van der Waals surface area contributed by atoms with Gasteiger partial charge in [-0.15, -0.1) is 0 Å². The number of amides is 1. The number of H-pyrrole nitrogens is 1. The van der Waals surface area contributed by atoms with E-state index in [4.69, 9.17) is 30.1 Å². The Bertz CT molecular complexity index is 1940. The number of fused-ring (bicyclic) bond motifs is 4. The predicted molar refractivity (Wildman–Crippen MR) is 158 cm³/mol. The van der Waals surface area contributed by atoms with Crippen LogP contribution >= 0.6 is 0 Å². The van der Waals surface area contributed by atoms with E-state index in [1.54, 1.807) is 11.8 Å². The molecular weight excluding hydrogens is 538 g/mol. The van der Waals surface area contributed by atoms with Gasteiger partial charge in [0.2, 0.25) is 12.7 Å². The lowest BCUT2D eigenvalue weighted by molar-refractivity contribution is -0.134. The number of hydrogen-bond acceptors (Lipinski definition) is 7. The lowest BCUT2D eigenvalue weighted by Gasteiger charge is -2.15. The Hall–Kier alpha value is -5.16. The molecule has 3 aromatic carbocycles. The van der Waals surface area contributed by atoms with Gasteiger partial charge in [0.05, 0.1) is 16.6 Å². The van der Waals surface area contributed by atoms with Gasteiger partial charge in [0.1, 0.15) is 5.69 Å². The molecule has 0 fully saturated rings. The molecule has 42 heavy (non-hydrogen) atoms. The molecule has 11 heteroatoms. The van der Waals surface area contributed by atoms with Crippen molar-refractivity contribution in [2.75, 3.05) is 18.2 Å². The van der Waals surface area contributed by atoms with Gasteiger partial charge >= 0.3 is 0 Å². The van der Waals surface area contributed by atoms with E-state index in [1.165, 1.54) is 0 Å². The SMILES string of the molecule is CC(=O)N1CCc2cc3nc(-c4cn(Cc5cccc(CN)c5)c5cc6c(cc45)OCO6)c(=O)[nH]c3cc21.CC(=O)O. The Morgan fingerprint density at radius 2 is 1.81 bits per heavy atom. The number of hydrogen-bond donors (Lipinski definition) is 3. The number of anilines is 1. The molecule has 0 aliphatic carbocycles. The molecule has 214 valence electrons. The number of aliphatic carboxylic acids is 1. The molecule has 0 bridgehead atoms. The van der Waals surface area contributed by atoms with Crippen LogP contribution in [0.1, 0.15) is 30.5 Å². The molecule has 5 aromatic rings. The number of nitrogens with two attached hydrogens (primary N) is 1. The van der Waals surface area contributed by atoms with Gasteiger partial charge in [0.25, 0.3) is 11.5 Å². The molecule has 0 unspecified atom stereocenters. The van der Waals surface area contributed by atoms with Gasteiger partial charge in [-0.05, 0) is 41.3 Å². The normalized spacial score (nSPS) is 13.3. The number of aromatic amines is 1. The zero-order valence-corrected chi connectivity index (χ0v) is 23.1. The van der Waals surface area contributed by atoms with Crippen molar-refractivity contribution in [3.8, 4) is 22.8 Å². The number of nitrogens with zero attached hydrogens (tertiary/aromatic N) is 3. The van der Waals surface area contributed by atoms with E-state index in [2.05, 4.69) is 21.7 Å². The van der Waals surface area contributed by atoms with Crippen LogP contribution in [-0.2, 0) is 29.1 Å². The molecule has 0 saturated heterocycles. The van der Waals surface area contributed by atoms with Crippen LogP contribution in [-0.4, -0.2) is 44.9 Å². The summed E-state index contributed by atoms with van der Waals surface area (Å²) in [6.07, 6.45) is 2.72. The van der Waals surface area contributed by atoms with Crippen LogP contribution < -0.4 is 25.7 Å². The molecule has 0 saturated carbocycles. The predicted octanol–water partition coefficient (Wildman–Crippen LogP) is 3.78. The van der Waals surface area contributed by atoms with Crippen molar-refractivity contribution in [2.24, 2.45) is 5.73 Å². The van der Waals surface area contributed by atoms with E-state index in [1.807, 2.05) is 42.6 Å². The second-order valence-electron chi connectivity index (χ2n) is 10.3. The summed E-state index contributed by atoms with van der Waals surface area (Å²) in [6.45, 7) is 4.48. The summed E-state index contributed by atoms with van der Waals surface area (Å²) in [5.74, 6) is 0.463. The topological polar surface area (TPSA) is 153 Å². The van der Waals surface area contributed by atoms with E-state index < -0.39 is 5.97 Å². The summed E-state index contributed by atoms with van der Waals surface area (Å²) in [5, 5.41) is 8.27. The van der Waals surface area contributed by atoms with Gasteiger partial charge in [-0.2, -0.15) is 0 Å². The van der Waals surface area contributed by atoms with Crippen LogP contribution in [0, 0.1) is 0 Å². The fraction of sp³-hybridized carbons (Fsp3) is 0.226. The highest BCUT2D eigenvalue weighted by Crippen LogP contribution is 2.40. The van der Waals surface area contributed by atoms with Gasteiger partial charge in [-0.1, -0.05) is 24.3 Å². The molecule has 0 radical (unpaired) electrons. The van der Waals surface area contributed by atoms with Gasteiger partial charge in [0, 0.05) is 62.4 Å². The van der Waals surface area contributed by atoms with Crippen LogP contribution in [0.4, 0.5) is 5.69 Å². The zero-order valence-electron chi connectivity index (χ0n) is 23.1. The zero-order chi connectivity index (χ0) is 29.5. The first kappa shape index (κ1) is 27.0. The van der Waals surface area contributed by atoms with Crippen LogP contribution in [0.5, 0.6) is 11.5 Å². The van der Waals surface area contributed by atoms with Gasteiger partial charge in [-0.25, -0.2) is 4.98 Å². The third-order valence-electron chi connectivity index (χ3n) is 7.38. The van der Waals surface area contributed by atoms with E-state index in [9.17, 15) is 9.59 Å². The Kier molecular flexibility index (Phi) is 6.87. The summed E-state index contributed by atoms with van der Waals surface area (Å²) >= 11 is 0. The molecule has 7 rings (SSSR count). The number of carbonyl (C=O) groups excluding carboxylic acids is 1. The minimum atomic E-state index is -0.833. The molecule has 1 amide bonds. The Labute approximate surface area is 240 Å². The second kappa shape index (κ2) is 10.7. The van der Waals surface area contributed by atoms with Crippen molar-refractivity contribution in [2.45, 2.75) is 33.4 Å².